The molecule has 2 heterocycles. The summed E-state index contributed by atoms with van der Waals surface area (Å²) >= 11 is 0. The number of hydrogen-bond acceptors (Lipinski definition) is 4. The van der Waals surface area contributed by atoms with Crippen LogP contribution in [-0.4, -0.2) is 167 Å². The van der Waals surface area contributed by atoms with Crippen molar-refractivity contribution in [3.63, 3.8) is 0 Å². The van der Waals surface area contributed by atoms with Crippen molar-refractivity contribution >= 4 is 316 Å². The summed E-state index contributed by atoms with van der Waals surface area (Å²) in [6.45, 7) is 0. The van der Waals surface area contributed by atoms with Crippen LogP contribution in [0.3, 0.4) is 0 Å². The van der Waals surface area contributed by atoms with Gasteiger partial charge in [-0.3, -0.25) is 0 Å². The number of anilines is 3. The van der Waals surface area contributed by atoms with Crippen LogP contribution in [0.15, 0.2) is 83.3 Å². The van der Waals surface area contributed by atoms with E-state index in [0.717, 1.165) is 11.1 Å². The molecule has 10 rings (SSSR count). The van der Waals surface area contributed by atoms with Gasteiger partial charge in [0.15, 0.2) is 0 Å². The Kier molecular flexibility index (Phi) is 13.2. The van der Waals surface area contributed by atoms with Crippen LogP contribution >= 0.6 is 0 Å². The summed E-state index contributed by atoms with van der Waals surface area (Å²) in [5.74, 6) is 0. The Morgan fingerprint density at radius 3 is 1.18 bits per heavy atom. The molecular weight excluding hydrogens is 875 g/mol. The first-order valence-corrected chi connectivity index (χ1v) is 22.3. The minimum atomic E-state index is -0.296. The van der Waals surface area contributed by atoms with E-state index in [1.54, 1.807) is 6.07 Å². The highest BCUT2D eigenvalue weighted by Crippen LogP contribution is 2.40. The first-order valence-electron chi connectivity index (χ1n) is 22.3. The van der Waals surface area contributed by atoms with Crippen LogP contribution in [0.1, 0.15) is 0 Å². The zero-order chi connectivity index (χ0) is 53.3. The zero-order valence-electron chi connectivity index (χ0n) is 39.3. The third kappa shape index (κ3) is 7.64. The van der Waals surface area contributed by atoms with Gasteiger partial charge in [-0.1, -0.05) is 121 Å². The molecule has 0 unspecified atom stereocenters. The molecule has 0 fully saturated rings. The maximum absolute atomic E-state index is 7.56. The summed E-state index contributed by atoms with van der Waals surface area (Å²) in [6, 6.07) is 24.9. The van der Waals surface area contributed by atoms with E-state index in [-0.39, 0.29) is 171 Å². The normalized spacial score (nSPS) is 11.5. The van der Waals surface area contributed by atoms with Crippen molar-refractivity contribution in [2.45, 2.75) is 0 Å². The standard InChI is InChI=1S/C50H13B20N3O/c51-24-20(21-25(52)37(64)46(38(65)26(21)53)73(47-39(66)32(59)30(57)33(60)40(47)67)48-41(68)34(61)31(58)35(62)42(48)69)28(55)49-19(23-27(54)29(56)36(63)43(70)50(23)74-49)22(24)45-44(71-17-11-4-5-12-18(17)72-45)16-10-6-9-15(13-16)14-7-2-1-3-8-14/h1-13H. The van der Waals surface area contributed by atoms with E-state index in [4.69, 9.17) is 171 Å². The van der Waals surface area contributed by atoms with E-state index in [1.807, 2.05) is 72.8 Å². The summed E-state index contributed by atoms with van der Waals surface area (Å²) in [5.41, 5.74) is 0.494. The number of furan rings is 1. The van der Waals surface area contributed by atoms with Crippen LogP contribution < -0.4 is 114 Å². The summed E-state index contributed by atoms with van der Waals surface area (Å²) in [7, 11) is 135. The highest BCUT2D eigenvalue weighted by atomic mass is 16.3. The van der Waals surface area contributed by atoms with Crippen molar-refractivity contribution in [3.05, 3.63) is 78.9 Å². The quantitative estimate of drug-likeness (QED) is 0.150. The lowest BCUT2D eigenvalue weighted by Gasteiger charge is -2.40. The van der Waals surface area contributed by atoms with E-state index >= 15 is 0 Å². The molecule has 10 aromatic rings. The molecule has 74 heavy (non-hydrogen) atoms. The molecule has 0 saturated heterocycles. The lowest BCUT2D eigenvalue weighted by atomic mass is 9.59. The molecule has 0 amide bonds. The van der Waals surface area contributed by atoms with E-state index in [9.17, 15) is 0 Å². The molecule has 24 heteroatoms. The molecule has 0 N–H and O–H groups in total. The van der Waals surface area contributed by atoms with Gasteiger partial charge in [-0.15, -0.1) is 43.7 Å². The highest BCUT2D eigenvalue weighted by Gasteiger charge is 2.32. The van der Waals surface area contributed by atoms with Gasteiger partial charge in [0.05, 0.1) is 22.4 Å². The topological polar surface area (TPSA) is 42.2 Å². The molecule has 0 bridgehead atoms. The van der Waals surface area contributed by atoms with E-state index in [1.165, 1.54) is 4.90 Å². The fourth-order valence-electron chi connectivity index (χ4n) is 9.55. The van der Waals surface area contributed by atoms with Crippen molar-refractivity contribution in [2.24, 2.45) is 0 Å². The fourth-order valence-corrected chi connectivity index (χ4v) is 9.55. The van der Waals surface area contributed by atoms with Crippen LogP contribution in [0.4, 0.5) is 17.1 Å². The lowest BCUT2D eigenvalue weighted by Crippen LogP contribution is -2.60. The number of hydrogen-bond donors (Lipinski definition) is 0. The first kappa shape index (κ1) is 51.5. The molecular formula is C50H13B20N3O. The smallest absolute Gasteiger partial charge is 0.129 e. The Hall–Kier alpha value is -6.00. The Bertz CT molecular complexity index is 3950. The number of aromatic nitrogens is 2. The molecule has 0 spiro atoms. The van der Waals surface area contributed by atoms with Crippen LogP contribution in [0.25, 0.3) is 77.7 Å². The Morgan fingerprint density at radius 1 is 0.284 bits per heavy atom. The lowest BCUT2D eigenvalue weighted by molar-refractivity contribution is 0.675. The molecule has 294 valence electrons. The van der Waals surface area contributed by atoms with Gasteiger partial charge in [0.25, 0.3) is 0 Å². The summed E-state index contributed by atoms with van der Waals surface area (Å²) < 4.78 is 6.61. The maximum Gasteiger partial charge on any atom is 0.129 e. The second kappa shape index (κ2) is 19.0. The number of nitrogens with zero attached hydrogens (tertiary/aromatic N) is 3. The van der Waals surface area contributed by atoms with Gasteiger partial charge in [0, 0.05) is 39.0 Å². The Balaban J connectivity index is 1.36. The van der Waals surface area contributed by atoms with Gasteiger partial charge < -0.3 is 9.32 Å². The van der Waals surface area contributed by atoms with E-state index in [0.29, 0.717) is 22.3 Å². The Labute approximate surface area is 456 Å². The molecule has 40 radical (unpaired) electrons. The summed E-state index contributed by atoms with van der Waals surface area (Å²) in [6.07, 6.45) is 0. The molecule has 0 aliphatic carbocycles. The highest BCUT2D eigenvalue weighted by molar-refractivity contribution is 6.73. The minimum Gasteiger partial charge on any atom is -0.457 e. The van der Waals surface area contributed by atoms with Gasteiger partial charge in [0.2, 0.25) is 0 Å². The van der Waals surface area contributed by atoms with E-state index in [2.05, 4.69) is 0 Å². The monoisotopic (exact) mass is 891 g/mol. The molecule has 2 aromatic heterocycles. The number of para-hydroxylation sites is 2. The number of benzene rings is 8. The molecule has 4 nitrogen and oxygen atoms in total. The van der Waals surface area contributed by atoms with Crippen molar-refractivity contribution in [3.8, 4) is 44.8 Å². The SMILES string of the molecule is [B]c1c([B])c([B])c(N(c2c([B])c([B])c([B])c([B])c2[B])c2c([B])c([B])c(-c3c([B])c(-c4nc5ccccc5nc4-c4cccc(-c5ccccc5)c4)c4c(oc5c([B])c([B])c([B])c([B])c54)c3[B])c([B])c2[B])c([B])c1[B]. The average Bonchev–Trinajstić information content (AvgIpc) is 3.81. The summed E-state index contributed by atoms with van der Waals surface area (Å²) in [4.78, 5) is 11.7. The van der Waals surface area contributed by atoms with Gasteiger partial charge in [-0.2, -0.15) is 0 Å². The van der Waals surface area contributed by atoms with Gasteiger partial charge in [0.1, 0.15) is 168 Å². The number of fused-ring (bicyclic) bond motifs is 4. The zero-order valence-corrected chi connectivity index (χ0v) is 39.3. The van der Waals surface area contributed by atoms with Crippen molar-refractivity contribution in [1.29, 1.82) is 0 Å². The van der Waals surface area contributed by atoms with Crippen molar-refractivity contribution < 1.29 is 4.42 Å². The molecule has 0 aliphatic rings. The largest absolute Gasteiger partial charge is 0.457 e. The average molecular weight is 888 g/mol. The minimum absolute atomic E-state index is 0.00932. The van der Waals surface area contributed by atoms with Gasteiger partial charge >= 0.3 is 0 Å². The Morgan fingerprint density at radius 2 is 0.662 bits per heavy atom. The third-order valence-electron chi connectivity index (χ3n) is 13.5. The van der Waals surface area contributed by atoms with Crippen LogP contribution in [0.2, 0.25) is 0 Å². The molecule has 8 aromatic carbocycles. The molecule has 0 aliphatic heterocycles. The predicted octanol–water partition coefficient (Wildman–Crippen LogP) is -10.5. The van der Waals surface area contributed by atoms with E-state index < -0.39 is 0 Å². The van der Waals surface area contributed by atoms with Crippen LogP contribution in [0, 0.1) is 0 Å². The van der Waals surface area contributed by atoms with Crippen LogP contribution in [-0.2, 0) is 0 Å². The van der Waals surface area contributed by atoms with Crippen LogP contribution in [0.5, 0.6) is 0 Å². The first-order chi connectivity index (χ1) is 35.1. The molecule has 0 saturated carbocycles. The molecule has 0 atom stereocenters. The van der Waals surface area contributed by atoms with Crippen molar-refractivity contribution in [1.82, 2.24) is 9.97 Å². The number of rotatable bonds is 7. The summed E-state index contributed by atoms with van der Waals surface area (Å²) in [5, 5.41) is 0.470. The van der Waals surface area contributed by atoms with Gasteiger partial charge in [-0.25, -0.2) is 9.97 Å². The second-order valence-corrected chi connectivity index (χ2v) is 17.6. The fraction of sp³-hybridized carbons (Fsp3) is 0. The second-order valence-electron chi connectivity index (χ2n) is 17.6. The predicted molar refractivity (Wildman–Crippen MR) is 331 cm³/mol. The maximum atomic E-state index is 7.56. The van der Waals surface area contributed by atoms with Crippen molar-refractivity contribution in [2.75, 3.05) is 4.90 Å². The van der Waals surface area contributed by atoms with Gasteiger partial charge in [-0.05, 0) is 45.9 Å². The third-order valence-corrected chi connectivity index (χ3v) is 13.5.